The molecule has 0 atom stereocenters. The first-order valence-electron chi connectivity index (χ1n) is 24.5. The van der Waals surface area contributed by atoms with Crippen molar-refractivity contribution in [3.63, 3.8) is 0 Å². The number of carboxylic acids is 1. The highest BCUT2D eigenvalue weighted by Gasteiger charge is 2.22. The molecule has 2 aliphatic heterocycles. The lowest BCUT2D eigenvalue weighted by atomic mass is 10.1. The van der Waals surface area contributed by atoms with E-state index in [9.17, 15) is 9.59 Å². The third kappa shape index (κ3) is 13.5. The van der Waals surface area contributed by atoms with E-state index in [2.05, 4.69) is 77.6 Å². The number of aromatic nitrogens is 6. The van der Waals surface area contributed by atoms with E-state index in [4.69, 9.17) is 40.8 Å². The number of ether oxygens (including phenoxy) is 3. The molecular formula is C50H72N12O6. The van der Waals surface area contributed by atoms with Crippen LogP contribution in [0.5, 0.6) is 0 Å². The molecular weight excluding hydrogens is 865 g/mol. The zero-order valence-electron chi connectivity index (χ0n) is 40.7. The second-order valence-electron chi connectivity index (χ2n) is 18.8. The van der Waals surface area contributed by atoms with Gasteiger partial charge < -0.3 is 50.6 Å². The van der Waals surface area contributed by atoms with Gasteiger partial charge in [0.15, 0.2) is 0 Å². The average molecular weight is 937 g/mol. The minimum Gasteiger partial charge on any atom is -0.481 e. The molecule has 4 aromatic heterocycles. The van der Waals surface area contributed by atoms with Gasteiger partial charge in [0.2, 0.25) is 0 Å². The van der Waals surface area contributed by atoms with Gasteiger partial charge in [0.1, 0.15) is 51.0 Å². The van der Waals surface area contributed by atoms with Gasteiger partial charge >= 0.3 is 11.9 Å². The van der Waals surface area contributed by atoms with Crippen LogP contribution < -0.4 is 21.3 Å². The number of aromatic amines is 2. The third-order valence-corrected chi connectivity index (χ3v) is 12.4. The number of imidazole rings is 2. The molecule has 0 unspecified atom stereocenters. The van der Waals surface area contributed by atoms with Crippen LogP contribution in [-0.2, 0) is 36.6 Å². The SMILES string of the molecule is CCCCc1nc2c([nH]1)c(N)nc1ccc(N3CCN(CCOCCC(=O)O)CC3)cc12.CCCCc1nc2c([nH]1)c(N)nc1ccc(N3CCN(CCOCCC(=O)OC(C)(C)C)CC3)cc12. The van der Waals surface area contributed by atoms with Crippen molar-refractivity contribution < 1.29 is 28.9 Å². The van der Waals surface area contributed by atoms with E-state index < -0.39 is 11.6 Å². The predicted molar refractivity (Wildman–Crippen MR) is 270 cm³/mol. The number of aliphatic carboxylic acids is 1. The van der Waals surface area contributed by atoms with Gasteiger partial charge in [0.05, 0.1) is 50.3 Å². The highest BCUT2D eigenvalue weighted by Crippen LogP contribution is 2.32. The first-order chi connectivity index (χ1) is 32.8. The maximum Gasteiger partial charge on any atom is 0.308 e. The van der Waals surface area contributed by atoms with Gasteiger partial charge in [-0.15, -0.1) is 0 Å². The fourth-order valence-electron chi connectivity index (χ4n) is 8.68. The summed E-state index contributed by atoms with van der Waals surface area (Å²) >= 11 is 0. The maximum atomic E-state index is 11.8. The Kier molecular flexibility index (Phi) is 17.3. The van der Waals surface area contributed by atoms with E-state index in [-0.39, 0.29) is 25.4 Å². The molecule has 8 rings (SSSR count). The monoisotopic (exact) mass is 937 g/mol. The molecule has 0 spiro atoms. The number of nitrogens with zero attached hydrogens (tertiary/aromatic N) is 8. The number of fused-ring (bicyclic) bond motifs is 6. The van der Waals surface area contributed by atoms with Crippen molar-refractivity contribution in [2.75, 3.05) is 113 Å². The minimum atomic E-state index is -0.823. The molecule has 2 fully saturated rings. The number of H-pyrrole nitrogens is 2. The highest BCUT2D eigenvalue weighted by molar-refractivity contribution is 6.08. The smallest absolute Gasteiger partial charge is 0.308 e. The molecule has 18 nitrogen and oxygen atoms in total. The molecule has 0 bridgehead atoms. The van der Waals surface area contributed by atoms with Crippen molar-refractivity contribution in [3.05, 3.63) is 48.0 Å². The molecule has 2 saturated heterocycles. The summed E-state index contributed by atoms with van der Waals surface area (Å²) in [6.07, 6.45) is 6.60. The van der Waals surface area contributed by atoms with Gasteiger partial charge in [-0.25, -0.2) is 19.9 Å². The molecule has 68 heavy (non-hydrogen) atoms. The van der Waals surface area contributed by atoms with Crippen LogP contribution in [0.4, 0.5) is 23.0 Å². The van der Waals surface area contributed by atoms with E-state index in [1.807, 2.05) is 32.9 Å². The number of rotatable bonds is 20. The second-order valence-corrected chi connectivity index (χ2v) is 18.8. The zero-order valence-corrected chi connectivity index (χ0v) is 40.7. The number of unbranched alkanes of at least 4 members (excludes halogenated alkanes) is 2. The van der Waals surface area contributed by atoms with Gasteiger partial charge in [-0.3, -0.25) is 19.4 Å². The number of piperazine rings is 2. The van der Waals surface area contributed by atoms with Crippen molar-refractivity contribution in [1.82, 2.24) is 39.7 Å². The number of nitrogens with one attached hydrogen (secondary N) is 2. The van der Waals surface area contributed by atoms with E-state index in [0.717, 1.165) is 159 Å². The van der Waals surface area contributed by atoms with Gasteiger partial charge in [-0.1, -0.05) is 26.7 Å². The van der Waals surface area contributed by atoms with Gasteiger partial charge in [-0.05, 0) is 70.0 Å². The van der Waals surface area contributed by atoms with Crippen LogP contribution in [0.25, 0.3) is 43.9 Å². The topological polar surface area (TPSA) is 230 Å². The number of aryl methyl sites for hydroxylation is 2. The number of carbonyl (C=O) groups is 2. The Morgan fingerprint density at radius 1 is 0.647 bits per heavy atom. The molecule has 0 saturated carbocycles. The van der Waals surface area contributed by atoms with Crippen LogP contribution >= 0.6 is 0 Å². The fourth-order valence-corrected chi connectivity index (χ4v) is 8.68. The first kappa shape index (κ1) is 50.1. The quantitative estimate of drug-likeness (QED) is 0.0403. The molecule has 7 N–H and O–H groups in total. The number of carbonyl (C=O) groups excluding carboxylic acids is 1. The number of nitrogen functional groups attached to an aromatic ring is 2. The third-order valence-electron chi connectivity index (χ3n) is 12.4. The number of hydrogen-bond donors (Lipinski definition) is 5. The zero-order chi connectivity index (χ0) is 48.2. The number of carboxylic acid groups (broad SMARTS) is 1. The van der Waals surface area contributed by atoms with Crippen molar-refractivity contribution in [3.8, 4) is 0 Å². The van der Waals surface area contributed by atoms with Crippen LogP contribution in [0, 0.1) is 0 Å². The van der Waals surface area contributed by atoms with Gasteiger partial charge in [0, 0.05) is 100 Å². The Labute approximate surface area is 399 Å². The molecule has 368 valence electrons. The Morgan fingerprint density at radius 3 is 1.50 bits per heavy atom. The summed E-state index contributed by atoms with van der Waals surface area (Å²) in [5.41, 5.74) is 19.5. The molecule has 0 aliphatic carbocycles. The molecule has 6 aromatic rings. The Balaban J connectivity index is 0.000000203. The Bertz CT molecular complexity index is 2610. The van der Waals surface area contributed by atoms with Crippen molar-refractivity contribution in [2.45, 2.75) is 91.6 Å². The maximum absolute atomic E-state index is 11.8. The minimum absolute atomic E-state index is 0.0552. The number of nitrogens with two attached hydrogens (primary N) is 2. The standard InChI is InChI=1S/C27H40N6O3.C23H32N6O3/c1-5-6-7-22-30-24-20-18-19(8-9-21(20)29-26(28)25(24)31-22)33-13-11-32(12-14-33)15-17-35-16-10-23(34)36-27(2,3)4;1-2-3-4-19-26-21-17-15-16(5-6-18(17)25-23(24)22(21)27-19)29-10-8-28(9-11-29)12-14-32-13-7-20(30)31/h8-9,18H,5-7,10-17H2,1-4H3,(H2,28,29)(H,30,31);5-6,15H,2-4,7-14H2,1H3,(H2,24,25)(H,26,27)(H,30,31). The van der Waals surface area contributed by atoms with Crippen molar-refractivity contribution >= 4 is 78.8 Å². The lowest BCUT2D eigenvalue weighted by molar-refractivity contribution is -0.156. The first-order valence-corrected chi connectivity index (χ1v) is 24.5. The van der Waals surface area contributed by atoms with E-state index in [1.165, 1.54) is 11.4 Å². The molecule has 18 heteroatoms. The van der Waals surface area contributed by atoms with Crippen LogP contribution in [0.1, 0.15) is 84.8 Å². The summed E-state index contributed by atoms with van der Waals surface area (Å²) in [5, 5.41) is 10.7. The lowest BCUT2D eigenvalue weighted by Gasteiger charge is -2.36. The summed E-state index contributed by atoms with van der Waals surface area (Å²) in [6, 6.07) is 12.7. The number of anilines is 4. The number of benzene rings is 2. The van der Waals surface area contributed by atoms with E-state index in [1.54, 1.807) is 0 Å². The summed E-state index contributed by atoms with van der Waals surface area (Å²) in [5.74, 6) is 1.90. The molecule has 2 aromatic carbocycles. The van der Waals surface area contributed by atoms with E-state index in [0.29, 0.717) is 31.5 Å². The highest BCUT2D eigenvalue weighted by atomic mass is 16.6. The average Bonchev–Trinajstić information content (AvgIpc) is 3.96. The summed E-state index contributed by atoms with van der Waals surface area (Å²) < 4.78 is 16.4. The predicted octanol–water partition coefficient (Wildman–Crippen LogP) is 6.56. The normalized spacial score (nSPS) is 15.1. The molecule has 6 heterocycles. The number of pyridine rings is 2. The van der Waals surface area contributed by atoms with Crippen molar-refractivity contribution in [2.24, 2.45) is 0 Å². The fraction of sp³-hybridized carbons (Fsp3) is 0.560. The lowest BCUT2D eigenvalue weighted by Crippen LogP contribution is -2.47. The van der Waals surface area contributed by atoms with Crippen molar-refractivity contribution in [1.29, 1.82) is 0 Å². The Morgan fingerprint density at radius 2 is 1.09 bits per heavy atom. The van der Waals surface area contributed by atoms with Crippen LogP contribution in [0.2, 0.25) is 0 Å². The summed E-state index contributed by atoms with van der Waals surface area (Å²) in [4.78, 5) is 57.5. The van der Waals surface area contributed by atoms with Crippen LogP contribution in [0.3, 0.4) is 0 Å². The number of hydrogen-bond acceptors (Lipinski definition) is 15. The largest absolute Gasteiger partial charge is 0.481 e. The molecule has 2 aliphatic rings. The molecule has 0 amide bonds. The second kappa shape index (κ2) is 23.5. The van der Waals surface area contributed by atoms with E-state index >= 15 is 0 Å². The molecule has 0 radical (unpaired) electrons. The number of esters is 1. The van der Waals surface area contributed by atoms with Crippen LogP contribution in [-0.4, -0.2) is 154 Å². The van der Waals surface area contributed by atoms with Gasteiger partial charge in [-0.2, -0.15) is 0 Å². The van der Waals surface area contributed by atoms with Gasteiger partial charge in [0.25, 0.3) is 0 Å². The summed E-state index contributed by atoms with van der Waals surface area (Å²) in [6.45, 7) is 21.0. The summed E-state index contributed by atoms with van der Waals surface area (Å²) in [7, 11) is 0. The van der Waals surface area contributed by atoms with Crippen LogP contribution in [0.15, 0.2) is 36.4 Å². The Hall–Kier alpha value is -5.82.